The number of nitrogens with zero attached hydrogens (tertiary/aromatic N) is 1. The predicted molar refractivity (Wildman–Crippen MR) is 37.1 cm³/mol. The second-order valence-corrected chi connectivity index (χ2v) is 3.22. The summed E-state index contributed by atoms with van der Waals surface area (Å²) >= 11 is 0. The summed E-state index contributed by atoms with van der Waals surface area (Å²) in [6.07, 6.45) is -2.99. The van der Waals surface area contributed by atoms with E-state index >= 15 is 0 Å². The van der Waals surface area contributed by atoms with Crippen molar-refractivity contribution < 1.29 is 13.2 Å². The molecule has 0 radical (unpaired) electrons. The molecule has 1 aliphatic rings. The van der Waals surface area contributed by atoms with E-state index in [9.17, 15) is 13.2 Å². The lowest BCUT2D eigenvalue weighted by atomic mass is 9.82. The van der Waals surface area contributed by atoms with Crippen molar-refractivity contribution in [3.05, 3.63) is 0 Å². The van der Waals surface area contributed by atoms with E-state index in [1.807, 2.05) is 6.07 Å². The molecular weight excluding hydrogens is 167 g/mol. The van der Waals surface area contributed by atoms with Crippen molar-refractivity contribution in [2.45, 2.75) is 31.9 Å². The van der Waals surface area contributed by atoms with E-state index in [1.165, 1.54) is 0 Å². The van der Waals surface area contributed by atoms with E-state index in [0.29, 0.717) is 12.8 Å². The Balaban J connectivity index is 2.42. The Morgan fingerprint density at radius 2 is 1.58 bits per heavy atom. The quantitative estimate of drug-likeness (QED) is 0.558. The summed E-state index contributed by atoms with van der Waals surface area (Å²) in [5.74, 6) is -1.31. The molecule has 0 aromatic carbocycles. The number of nitriles is 1. The maximum Gasteiger partial charge on any atom is 0.391 e. The van der Waals surface area contributed by atoms with E-state index in [0.717, 1.165) is 0 Å². The molecule has 0 saturated heterocycles. The lowest BCUT2D eigenvalue weighted by Crippen LogP contribution is -2.27. The maximum absolute atomic E-state index is 12.1. The number of rotatable bonds is 0. The molecule has 1 aliphatic carbocycles. The molecule has 0 bridgehead atoms. The van der Waals surface area contributed by atoms with Crippen LogP contribution in [0.25, 0.3) is 0 Å². The smallest absolute Gasteiger partial charge is 0.198 e. The van der Waals surface area contributed by atoms with Crippen LogP contribution in [0.5, 0.6) is 0 Å². The molecule has 0 spiro atoms. The minimum atomic E-state index is -4.06. The van der Waals surface area contributed by atoms with Crippen LogP contribution in [-0.4, -0.2) is 6.18 Å². The highest BCUT2D eigenvalue weighted by Gasteiger charge is 2.41. The molecule has 0 aromatic heterocycles. The molecule has 12 heavy (non-hydrogen) atoms. The third-order valence-corrected chi connectivity index (χ3v) is 2.37. The second-order valence-electron chi connectivity index (χ2n) is 3.22. The molecule has 68 valence electrons. The van der Waals surface area contributed by atoms with Gasteiger partial charge in [0.05, 0.1) is 12.0 Å². The zero-order valence-electron chi connectivity index (χ0n) is 6.56. The van der Waals surface area contributed by atoms with Gasteiger partial charge in [0, 0.05) is 5.92 Å². The lowest BCUT2D eigenvalue weighted by molar-refractivity contribution is -0.183. The summed E-state index contributed by atoms with van der Waals surface area (Å²) in [6, 6.07) is 2.01. The van der Waals surface area contributed by atoms with Crippen LogP contribution in [0.3, 0.4) is 0 Å². The van der Waals surface area contributed by atoms with Crippen LogP contribution in [0.4, 0.5) is 13.2 Å². The molecule has 0 atom stereocenters. The van der Waals surface area contributed by atoms with E-state index in [-0.39, 0.29) is 18.8 Å². The predicted octanol–water partition coefficient (Wildman–Crippen LogP) is 2.88. The molecule has 0 heterocycles. The van der Waals surface area contributed by atoms with Crippen LogP contribution >= 0.6 is 0 Å². The van der Waals surface area contributed by atoms with Crippen LogP contribution in [0.15, 0.2) is 0 Å². The first kappa shape index (κ1) is 9.37. The van der Waals surface area contributed by atoms with E-state index in [4.69, 9.17) is 5.26 Å². The zero-order chi connectivity index (χ0) is 9.19. The van der Waals surface area contributed by atoms with Gasteiger partial charge in [-0.3, -0.25) is 0 Å². The Hall–Kier alpha value is -0.720. The van der Waals surface area contributed by atoms with Crippen LogP contribution in [-0.2, 0) is 0 Å². The third kappa shape index (κ3) is 2.13. The highest BCUT2D eigenvalue weighted by Crippen LogP contribution is 2.39. The normalized spacial score (nSPS) is 31.2. The fourth-order valence-corrected chi connectivity index (χ4v) is 1.55. The van der Waals surface area contributed by atoms with Crippen molar-refractivity contribution in [3.63, 3.8) is 0 Å². The van der Waals surface area contributed by atoms with Gasteiger partial charge in [0.15, 0.2) is 0 Å². The lowest BCUT2D eigenvalue weighted by Gasteiger charge is -2.26. The average molecular weight is 177 g/mol. The van der Waals surface area contributed by atoms with Gasteiger partial charge in [-0.05, 0) is 25.7 Å². The number of halogens is 3. The monoisotopic (exact) mass is 177 g/mol. The fourth-order valence-electron chi connectivity index (χ4n) is 1.55. The zero-order valence-corrected chi connectivity index (χ0v) is 6.56. The van der Waals surface area contributed by atoms with Gasteiger partial charge in [0.25, 0.3) is 0 Å². The number of hydrogen-bond donors (Lipinski definition) is 0. The Kier molecular flexibility index (Phi) is 2.61. The van der Waals surface area contributed by atoms with E-state index < -0.39 is 12.1 Å². The second kappa shape index (κ2) is 3.34. The van der Waals surface area contributed by atoms with E-state index in [1.54, 1.807) is 0 Å². The summed E-state index contributed by atoms with van der Waals surface area (Å²) in [7, 11) is 0. The van der Waals surface area contributed by atoms with Gasteiger partial charge in [-0.1, -0.05) is 0 Å². The van der Waals surface area contributed by atoms with Gasteiger partial charge < -0.3 is 0 Å². The minimum absolute atomic E-state index is 0.127. The molecule has 1 nitrogen and oxygen atoms in total. The summed E-state index contributed by atoms with van der Waals surface area (Å²) in [5, 5.41) is 8.45. The third-order valence-electron chi connectivity index (χ3n) is 2.37. The van der Waals surface area contributed by atoms with Crippen molar-refractivity contribution >= 4 is 0 Å². The summed E-state index contributed by atoms with van der Waals surface area (Å²) in [4.78, 5) is 0. The van der Waals surface area contributed by atoms with Crippen LogP contribution < -0.4 is 0 Å². The van der Waals surface area contributed by atoms with Crippen molar-refractivity contribution in [1.82, 2.24) is 0 Å². The maximum atomic E-state index is 12.1. The molecular formula is C8H10F3N. The van der Waals surface area contributed by atoms with Gasteiger partial charge in [-0.25, -0.2) is 0 Å². The molecule has 0 N–H and O–H groups in total. The average Bonchev–Trinajstić information content (AvgIpc) is 2.03. The molecule has 0 aromatic rings. The first-order chi connectivity index (χ1) is 5.54. The van der Waals surface area contributed by atoms with Gasteiger partial charge in [-0.2, -0.15) is 18.4 Å². The first-order valence-corrected chi connectivity index (χ1v) is 4.00. The largest absolute Gasteiger partial charge is 0.391 e. The SMILES string of the molecule is N#CC1CCC(C(F)(F)F)CC1. The van der Waals surface area contributed by atoms with Crippen molar-refractivity contribution in [3.8, 4) is 6.07 Å². The Bertz CT molecular complexity index is 183. The Labute approximate surface area is 69.2 Å². The highest BCUT2D eigenvalue weighted by molar-refractivity contribution is 4.88. The minimum Gasteiger partial charge on any atom is -0.198 e. The highest BCUT2D eigenvalue weighted by atomic mass is 19.4. The van der Waals surface area contributed by atoms with Gasteiger partial charge >= 0.3 is 6.18 Å². The van der Waals surface area contributed by atoms with Crippen LogP contribution in [0.1, 0.15) is 25.7 Å². The van der Waals surface area contributed by atoms with E-state index in [2.05, 4.69) is 0 Å². The molecule has 0 unspecified atom stereocenters. The topological polar surface area (TPSA) is 23.8 Å². The fraction of sp³-hybridized carbons (Fsp3) is 0.875. The summed E-state index contributed by atoms with van der Waals surface area (Å²) < 4.78 is 36.3. The van der Waals surface area contributed by atoms with Crippen LogP contribution in [0.2, 0.25) is 0 Å². The molecule has 1 fully saturated rings. The summed E-state index contributed by atoms with van der Waals surface area (Å²) in [5.41, 5.74) is 0. The summed E-state index contributed by atoms with van der Waals surface area (Å²) in [6.45, 7) is 0. The van der Waals surface area contributed by atoms with Gasteiger partial charge in [0.2, 0.25) is 0 Å². The molecule has 0 amide bonds. The molecule has 1 saturated carbocycles. The van der Waals surface area contributed by atoms with Crippen molar-refractivity contribution in [2.24, 2.45) is 11.8 Å². The Morgan fingerprint density at radius 1 is 1.08 bits per heavy atom. The van der Waals surface area contributed by atoms with Crippen LogP contribution in [0, 0.1) is 23.2 Å². The standard InChI is InChI=1S/C8H10F3N/c9-8(10,11)7-3-1-6(5-12)2-4-7/h6-7H,1-4H2. The number of alkyl halides is 3. The van der Waals surface area contributed by atoms with Gasteiger partial charge in [-0.15, -0.1) is 0 Å². The Morgan fingerprint density at radius 3 is 1.92 bits per heavy atom. The van der Waals surface area contributed by atoms with Crippen molar-refractivity contribution in [2.75, 3.05) is 0 Å². The number of hydrogen-bond acceptors (Lipinski definition) is 1. The molecule has 1 rings (SSSR count). The molecule has 0 aliphatic heterocycles. The van der Waals surface area contributed by atoms with Crippen molar-refractivity contribution in [1.29, 1.82) is 5.26 Å². The molecule has 4 heteroatoms. The first-order valence-electron chi connectivity index (χ1n) is 4.00. The van der Waals surface area contributed by atoms with Gasteiger partial charge in [0.1, 0.15) is 0 Å².